The van der Waals surface area contributed by atoms with E-state index >= 15 is 0 Å². The minimum atomic E-state index is -4.14. The maximum absolute atomic E-state index is 14.2. The van der Waals surface area contributed by atoms with Crippen LogP contribution in [0.1, 0.15) is 50.2 Å². The van der Waals surface area contributed by atoms with Crippen LogP contribution in [0.25, 0.3) is 0 Å². The molecule has 0 saturated heterocycles. The van der Waals surface area contributed by atoms with Gasteiger partial charge in [-0.25, -0.2) is 8.42 Å². The fourth-order valence-corrected chi connectivity index (χ4v) is 6.81. The highest BCUT2D eigenvalue weighted by atomic mass is 35.5. The van der Waals surface area contributed by atoms with E-state index in [-0.39, 0.29) is 23.4 Å². The third kappa shape index (κ3) is 7.04. The first-order chi connectivity index (χ1) is 19.2. The predicted octanol–water partition coefficient (Wildman–Crippen LogP) is 5.71. The van der Waals surface area contributed by atoms with Gasteiger partial charge in [0, 0.05) is 17.6 Å². The largest absolute Gasteiger partial charge is 0.352 e. The Morgan fingerprint density at radius 1 is 0.975 bits per heavy atom. The summed E-state index contributed by atoms with van der Waals surface area (Å²) in [5, 5.41) is 3.48. The first-order valence-electron chi connectivity index (χ1n) is 13.7. The van der Waals surface area contributed by atoms with Crippen LogP contribution >= 0.6 is 11.6 Å². The minimum Gasteiger partial charge on any atom is -0.352 e. The number of carbonyl (C=O) groups is 2. The number of anilines is 1. The summed E-state index contributed by atoms with van der Waals surface area (Å²) in [5.41, 5.74) is 1.81. The van der Waals surface area contributed by atoms with E-state index in [1.54, 1.807) is 43.3 Å². The molecule has 0 aromatic heterocycles. The molecule has 0 aliphatic heterocycles. The van der Waals surface area contributed by atoms with Gasteiger partial charge in [-0.15, -0.1) is 0 Å². The van der Waals surface area contributed by atoms with E-state index in [4.69, 9.17) is 11.6 Å². The Morgan fingerprint density at radius 3 is 2.23 bits per heavy atom. The van der Waals surface area contributed by atoms with Gasteiger partial charge in [0.25, 0.3) is 10.0 Å². The van der Waals surface area contributed by atoms with E-state index in [1.807, 2.05) is 37.3 Å². The van der Waals surface area contributed by atoms with Crippen LogP contribution in [0.3, 0.4) is 0 Å². The lowest BCUT2D eigenvalue weighted by Gasteiger charge is -2.34. The van der Waals surface area contributed by atoms with E-state index in [9.17, 15) is 18.0 Å². The van der Waals surface area contributed by atoms with Crippen LogP contribution in [-0.2, 0) is 26.2 Å². The zero-order valence-electron chi connectivity index (χ0n) is 22.9. The van der Waals surface area contributed by atoms with Crippen LogP contribution in [0.4, 0.5) is 5.69 Å². The molecule has 4 rings (SSSR count). The van der Waals surface area contributed by atoms with Crippen molar-refractivity contribution in [2.75, 3.05) is 10.8 Å². The molecule has 0 unspecified atom stereocenters. The van der Waals surface area contributed by atoms with Gasteiger partial charge in [0.05, 0.1) is 10.6 Å². The van der Waals surface area contributed by atoms with Crippen molar-refractivity contribution in [1.29, 1.82) is 0 Å². The molecule has 1 N–H and O–H groups in total. The SMILES string of the molecule is CC[C@H](C(=O)NC1CCCC1)N(Cc1ccccc1)C(=O)CN(c1cc(Cl)ccc1C)S(=O)(=O)c1ccccc1. The van der Waals surface area contributed by atoms with Gasteiger partial charge in [-0.2, -0.15) is 0 Å². The fourth-order valence-electron chi connectivity index (χ4n) is 5.15. The van der Waals surface area contributed by atoms with Crippen molar-refractivity contribution >= 4 is 39.1 Å². The zero-order chi connectivity index (χ0) is 28.7. The minimum absolute atomic E-state index is 0.0582. The summed E-state index contributed by atoms with van der Waals surface area (Å²) in [6, 6.07) is 21.7. The highest BCUT2D eigenvalue weighted by molar-refractivity contribution is 7.92. The molecule has 40 heavy (non-hydrogen) atoms. The van der Waals surface area contributed by atoms with Gasteiger partial charge in [0.1, 0.15) is 12.6 Å². The molecule has 2 amide bonds. The zero-order valence-corrected chi connectivity index (χ0v) is 24.5. The first-order valence-corrected chi connectivity index (χ1v) is 15.5. The molecule has 1 saturated carbocycles. The molecule has 3 aromatic carbocycles. The quantitative estimate of drug-likeness (QED) is 0.314. The molecule has 1 fully saturated rings. The fraction of sp³-hybridized carbons (Fsp3) is 0.355. The van der Waals surface area contributed by atoms with Crippen LogP contribution in [0.5, 0.6) is 0 Å². The number of benzene rings is 3. The van der Waals surface area contributed by atoms with Crippen molar-refractivity contribution < 1.29 is 18.0 Å². The lowest BCUT2D eigenvalue weighted by atomic mass is 10.1. The monoisotopic (exact) mass is 581 g/mol. The van der Waals surface area contributed by atoms with Gasteiger partial charge in [-0.05, 0) is 61.6 Å². The number of hydrogen-bond donors (Lipinski definition) is 1. The number of aryl methyl sites for hydroxylation is 1. The average Bonchev–Trinajstić information content (AvgIpc) is 3.47. The summed E-state index contributed by atoms with van der Waals surface area (Å²) in [7, 11) is -4.14. The molecule has 1 aliphatic carbocycles. The van der Waals surface area contributed by atoms with E-state index < -0.39 is 28.5 Å². The van der Waals surface area contributed by atoms with Crippen LogP contribution in [0, 0.1) is 6.92 Å². The van der Waals surface area contributed by atoms with Crippen molar-refractivity contribution in [2.24, 2.45) is 0 Å². The van der Waals surface area contributed by atoms with E-state index in [0.717, 1.165) is 35.6 Å². The second-order valence-corrected chi connectivity index (χ2v) is 12.5. The summed E-state index contributed by atoms with van der Waals surface area (Å²) in [6.07, 6.45) is 4.37. The normalized spacial score (nSPS) is 14.5. The Bertz CT molecular complexity index is 1410. The Morgan fingerprint density at radius 2 is 1.60 bits per heavy atom. The van der Waals surface area contributed by atoms with Gasteiger partial charge >= 0.3 is 0 Å². The third-order valence-corrected chi connectivity index (χ3v) is 9.34. The van der Waals surface area contributed by atoms with Gasteiger partial charge in [0.2, 0.25) is 11.8 Å². The number of rotatable bonds is 11. The molecule has 0 spiro atoms. The second kappa shape index (κ2) is 13.3. The molecule has 3 aromatic rings. The summed E-state index contributed by atoms with van der Waals surface area (Å²) in [5.74, 6) is -0.689. The maximum Gasteiger partial charge on any atom is 0.264 e. The van der Waals surface area contributed by atoms with Gasteiger partial charge in [-0.3, -0.25) is 13.9 Å². The topological polar surface area (TPSA) is 86.8 Å². The second-order valence-electron chi connectivity index (χ2n) is 10.2. The van der Waals surface area contributed by atoms with Crippen LogP contribution < -0.4 is 9.62 Å². The van der Waals surface area contributed by atoms with Crippen molar-refractivity contribution in [2.45, 2.75) is 69.5 Å². The van der Waals surface area contributed by atoms with E-state index in [2.05, 4.69) is 5.32 Å². The summed E-state index contributed by atoms with van der Waals surface area (Å²) in [6.45, 7) is 3.32. The maximum atomic E-state index is 14.2. The number of hydrogen-bond acceptors (Lipinski definition) is 4. The van der Waals surface area contributed by atoms with E-state index in [0.29, 0.717) is 22.7 Å². The molecule has 7 nitrogen and oxygen atoms in total. The molecule has 0 heterocycles. The molecular weight excluding hydrogens is 546 g/mol. The van der Waals surface area contributed by atoms with Crippen LogP contribution in [0.2, 0.25) is 5.02 Å². The number of sulfonamides is 1. The highest BCUT2D eigenvalue weighted by Gasteiger charge is 2.35. The third-order valence-electron chi connectivity index (χ3n) is 7.33. The number of nitrogens with one attached hydrogen (secondary N) is 1. The summed E-state index contributed by atoms with van der Waals surface area (Å²) < 4.78 is 29.0. The standard InChI is InChI=1S/C31H36ClN3O4S/c1-3-28(31(37)33-26-14-10-11-15-26)34(21-24-12-6-4-7-13-24)30(36)22-35(29-20-25(32)19-18-23(29)2)40(38,39)27-16-8-5-9-17-27/h4-9,12-13,16-20,26,28H,3,10-11,14-15,21-22H2,1-2H3,(H,33,37)/t28-/m1/s1. The Kier molecular flexibility index (Phi) is 9.87. The lowest BCUT2D eigenvalue weighted by Crippen LogP contribution is -2.53. The Labute approximate surface area is 242 Å². The molecule has 1 aliphatic rings. The lowest BCUT2D eigenvalue weighted by molar-refractivity contribution is -0.140. The number of carbonyl (C=O) groups excluding carboxylic acids is 2. The molecular formula is C31H36ClN3O4S. The van der Waals surface area contributed by atoms with Crippen LogP contribution in [0.15, 0.2) is 83.8 Å². The van der Waals surface area contributed by atoms with Gasteiger partial charge in [0.15, 0.2) is 0 Å². The Hall–Kier alpha value is -3.36. The summed E-state index contributed by atoms with van der Waals surface area (Å²) >= 11 is 6.29. The number of amides is 2. The number of halogens is 1. The molecule has 0 radical (unpaired) electrons. The van der Waals surface area contributed by atoms with Gasteiger partial charge < -0.3 is 10.2 Å². The van der Waals surface area contributed by atoms with Gasteiger partial charge in [-0.1, -0.05) is 86.0 Å². The summed E-state index contributed by atoms with van der Waals surface area (Å²) in [4.78, 5) is 29.2. The van der Waals surface area contributed by atoms with E-state index in [1.165, 1.54) is 17.0 Å². The van der Waals surface area contributed by atoms with Crippen molar-refractivity contribution in [3.8, 4) is 0 Å². The smallest absolute Gasteiger partial charge is 0.264 e. The number of nitrogens with zero attached hydrogens (tertiary/aromatic N) is 2. The van der Waals surface area contributed by atoms with Crippen molar-refractivity contribution in [3.05, 3.63) is 95.0 Å². The molecule has 212 valence electrons. The molecule has 1 atom stereocenters. The molecule has 9 heteroatoms. The first kappa shape index (κ1) is 29.6. The van der Waals surface area contributed by atoms with Crippen molar-refractivity contribution in [3.63, 3.8) is 0 Å². The Balaban J connectivity index is 1.72. The van der Waals surface area contributed by atoms with Crippen LogP contribution in [-0.4, -0.2) is 43.8 Å². The van der Waals surface area contributed by atoms with Crippen molar-refractivity contribution in [1.82, 2.24) is 10.2 Å². The molecule has 0 bridgehead atoms. The predicted molar refractivity (Wildman–Crippen MR) is 159 cm³/mol. The highest BCUT2D eigenvalue weighted by Crippen LogP contribution is 2.30. The average molecular weight is 582 g/mol.